The molecule has 1 amide bonds. The number of amides is 1. The molecule has 4 nitrogen and oxygen atoms in total. The third-order valence-corrected chi connectivity index (χ3v) is 2.54. The largest absolute Gasteiger partial charge is 0.350 e. The molecule has 0 atom stereocenters. The Balaban J connectivity index is 1.83. The molecule has 5 heteroatoms. The average molecular weight is 250 g/mol. The summed E-state index contributed by atoms with van der Waals surface area (Å²) in [5.41, 5.74) is 0.606. The van der Waals surface area contributed by atoms with Crippen LogP contribution in [0.2, 0.25) is 5.02 Å². The number of aromatic nitrogens is 2. The van der Waals surface area contributed by atoms with Crippen LogP contribution in [0.1, 0.15) is 10.4 Å². The van der Waals surface area contributed by atoms with E-state index in [1.54, 1.807) is 35.1 Å². The van der Waals surface area contributed by atoms with Gasteiger partial charge in [0.05, 0.1) is 6.54 Å². The van der Waals surface area contributed by atoms with Crippen LogP contribution in [-0.2, 0) is 6.54 Å². The SMILES string of the molecule is O=C(NCCn1cccn1)c1ccc(Cl)cc1. The molecule has 1 aromatic carbocycles. The van der Waals surface area contributed by atoms with Gasteiger partial charge in [-0.3, -0.25) is 9.48 Å². The van der Waals surface area contributed by atoms with E-state index in [0.717, 1.165) is 0 Å². The summed E-state index contributed by atoms with van der Waals surface area (Å²) in [6, 6.07) is 8.64. The van der Waals surface area contributed by atoms with Crippen LogP contribution in [0.15, 0.2) is 42.7 Å². The molecule has 0 saturated carbocycles. The second-order valence-corrected chi connectivity index (χ2v) is 3.97. The van der Waals surface area contributed by atoms with Crippen molar-refractivity contribution >= 4 is 17.5 Å². The van der Waals surface area contributed by atoms with E-state index in [0.29, 0.717) is 23.7 Å². The monoisotopic (exact) mass is 249 g/mol. The lowest BCUT2D eigenvalue weighted by Gasteiger charge is -2.05. The lowest BCUT2D eigenvalue weighted by Crippen LogP contribution is -2.27. The number of carbonyl (C=O) groups excluding carboxylic acids is 1. The van der Waals surface area contributed by atoms with Gasteiger partial charge in [-0.25, -0.2) is 0 Å². The maximum atomic E-state index is 11.7. The zero-order valence-corrected chi connectivity index (χ0v) is 9.89. The van der Waals surface area contributed by atoms with Gasteiger partial charge in [0.15, 0.2) is 0 Å². The minimum Gasteiger partial charge on any atom is -0.350 e. The number of benzene rings is 1. The Morgan fingerprint density at radius 2 is 2.12 bits per heavy atom. The zero-order chi connectivity index (χ0) is 12.1. The second kappa shape index (κ2) is 5.50. The molecule has 0 radical (unpaired) electrons. The van der Waals surface area contributed by atoms with E-state index in [2.05, 4.69) is 10.4 Å². The van der Waals surface area contributed by atoms with Gasteiger partial charge in [0.25, 0.3) is 5.91 Å². The van der Waals surface area contributed by atoms with Crippen molar-refractivity contribution in [3.05, 3.63) is 53.3 Å². The number of rotatable bonds is 4. The quantitative estimate of drug-likeness (QED) is 0.901. The fraction of sp³-hybridized carbons (Fsp3) is 0.167. The van der Waals surface area contributed by atoms with Gasteiger partial charge in [-0.15, -0.1) is 0 Å². The summed E-state index contributed by atoms with van der Waals surface area (Å²) in [6.07, 6.45) is 3.56. The van der Waals surface area contributed by atoms with Gasteiger partial charge in [-0.1, -0.05) is 11.6 Å². The normalized spacial score (nSPS) is 10.2. The molecular formula is C12H12ClN3O. The number of hydrogen-bond acceptors (Lipinski definition) is 2. The van der Waals surface area contributed by atoms with Gasteiger partial charge >= 0.3 is 0 Å². The van der Waals surface area contributed by atoms with Crippen LogP contribution in [0.4, 0.5) is 0 Å². The maximum Gasteiger partial charge on any atom is 0.251 e. The number of nitrogens with one attached hydrogen (secondary N) is 1. The third kappa shape index (κ3) is 3.32. The van der Waals surface area contributed by atoms with Crippen molar-refractivity contribution in [2.75, 3.05) is 6.54 Å². The van der Waals surface area contributed by atoms with Crippen LogP contribution in [0.3, 0.4) is 0 Å². The molecule has 0 aliphatic heterocycles. The summed E-state index contributed by atoms with van der Waals surface area (Å²) in [7, 11) is 0. The highest BCUT2D eigenvalue weighted by Crippen LogP contribution is 2.09. The molecule has 2 aromatic rings. The molecule has 0 fully saturated rings. The van der Waals surface area contributed by atoms with Crippen molar-refractivity contribution in [2.45, 2.75) is 6.54 Å². The Morgan fingerprint density at radius 3 is 2.76 bits per heavy atom. The molecule has 0 aliphatic carbocycles. The molecule has 0 unspecified atom stereocenters. The van der Waals surface area contributed by atoms with E-state index in [1.807, 2.05) is 12.3 Å². The molecule has 0 saturated heterocycles. The smallest absolute Gasteiger partial charge is 0.251 e. The fourth-order valence-corrected chi connectivity index (χ4v) is 1.55. The lowest BCUT2D eigenvalue weighted by molar-refractivity contribution is 0.0952. The molecular weight excluding hydrogens is 238 g/mol. The molecule has 17 heavy (non-hydrogen) atoms. The van der Waals surface area contributed by atoms with Gasteiger partial charge in [0, 0.05) is 29.5 Å². The van der Waals surface area contributed by atoms with Gasteiger partial charge in [0.1, 0.15) is 0 Å². The Bertz CT molecular complexity index is 479. The van der Waals surface area contributed by atoms with Crippen molar-refractivity contribution in [3.8, 4) is 0 Å². The Labute approximate surface area is 104 Å². The third-order valence-electron chi connectivity index (χ3n) is 2.29. The predicted octanol–water partition coefficient (Wildman–Crippen LogP) is 1.97. The molecule has 0 spiro atoms. The topological polar surface area (TPSA) is 46.9 Å². The molecule has 2 rings (SSSR count). The van der Waals surface area contributed by atoms with Crippen LogP contribution < -0.4 is 5.32 Å². The van der Waals surface area contributed by atoms with Gasteiger partial charge < -0.3 is 5.32 Å². The van der Waals surface area contributed by atoms with Crippen LogP contribution in [0, 0.1) is 0 Å². The van der Waals surface area contributed by atoms with Crippen molar-refractivity contribution in [1.82, 2.24) is 15.1 Å². The maximum absolute atomic E-state index is 11.7. The van der Waals surface area contributed by atoms with Gasteiger partial charge in [-0.2, -0.15) is 5.10 Å². The first-order chi connectivity index (χ1) is 8.25. The number of hydrogen-bond donors (Lipinski definition) is 1. The minimum atomic E-state index is -0.103. The average Bonchev–Trinajstić information content (AvgIpc) is 2.83. The number of nitrogens with zero attached hydrogens (tertiary/aromatic N) is 2. The summed E-state index contributed by atoms with van der Waals surface area (Å²) in [5, 5.41) is 7.48. The van der Waals surface area contributed by atoms with E-state index < -0.39 is 0 Å². The highest BCUT2D eigenvalue weighted by molar-refractivity contribution is 6.30. The number of carbonyl (C=O) groups is 1. The summed E-state index contributed by atoms with van der Waals surface area (Å²) >= 11 is 5.74. The Morgan fingerprint density at radius 1 is 1.35 bits per heavy atom. The Hall–Kier alpha value is -1.81. The fourth-order valence-electron chi connectivity index (χ4n) is 1.42. The molecule has 0 aliphatic rings. The summed E-state index contributed by atoms with van der Waals surface area (Å²) in [4.78, 5) is 11.7. The van der Waals surface area contributed by atoms with E-state index in [1.165, 1.54) is 0 Å². The Kier molecular flexibility index (Phi) is 3.77. The van der Waals surface area contributed by atoms with Crippen LogP contribution in [-0.4, -0.2) is 22.2 Å². The summed E-state index contributed by atoms with van der Waals surface area (Å²) in [5.74, 6) is -0.103. The molecule has 88 valence electrons. The van der Waals surface area contributed by atoms with E-state index in [-0.39, 0.29) is 5.91 Å². The minimum absolute atomic E-state index is 0.103. The first kappa shape index (κ1) is 11.7. The second-order valence-electron chi connectivity index (χ2n) is 3.53. The zero-order valence-electron chi connectivity index (χ0n) is 9.14. The molecule has 0 bridgehead atoms. The standard InChI is InChI=1S/C12H12ClN3O/c13-11-4-2-10(3-5-11)12(17)14-7-9-16-8-1-6-15-16/h1-6,8H,7,9H2,(H,14,17). The first-order valence-electron chi connectivity index (χ1n) is 5.27. The van der Waals surface area contributed by atoms with E-state index in [4.69, 9.17) is 11.6 Å². The summed E-state index contributed by atoms with van der Waals surface area (Å²) in [6.45, 7) is 1.20. The highest BCUT2D eigenvalue weighted by Gasteiger charge is 2.03. The van der Waals surface area contributed by atoms with Crippen molar-refractivity contribution in [1.29, 1.82) is 0 Å². The van der Waals surface area contributed by atoms with Gasteiger partial charge in [-0.05, 0) is 30.3 Å². The lowest BCUT2D eigenvalue weighted by atomic mass is 10.2. The van der Waals surface area contributed by atoms with Crippen molar-refractivity contribution in [2.24, 2.45) is 0 Å². The van der Waals surface area contributed by atoms with Crippen LogP contribution in [0.25, 0.3) is 0 Å². The van der Waals surface area contributed by atoms with Crippen molar-refractivity contribution < 1.29 is 4.79 Å². The summed E-state index contributed by atoms with van der Waals surface area (Å²) < 4.78 is 1.77. The molecule has 1 aromatic heterocycles. The predicted molar refractivity (Wildman–Crippen MR) is 66.0 cm³/mol. The van der Waals surface area contributed by atoms with Crippen LogP contribution in [0.5, 0.6) is 0 Å². The van der Waals surface area contributed by atoms with Crippen molar-refractivity contribution in [3.63, 3.8) is 0 Å². The highest BCUT2D eigenvalue weighted by atomic mass is 35.5. The number of halogens is 1. The van der Waals surface area contributed by atoms with Crippen LogP contribution >= 0.6 is 11.6 Å². The molecule has 1 heterocycles. The molecule has 1 N–H and O–H groups in total. The van der Waals surface area contributed by atoms with E-state index >= 15 is 0 Å². The first-order valence-corrected chi connectivity index (χ1v) is 5.65. The van der Waals surface area contributed by atoms with Gasteiger partial charge in [0.2, 0.25) is 0 Å². The van der Waals surface area contributed by atoms with E-state index in [9.17, 15) is 4.79 Å².